The van der Waals surface area contributed by atoms with Gasteiger partial charge in [-0.2, -0.15) is 0 Å². The second-order valence-corrected chi connectivity index (χ2v) is 4.35. The van der Waals surface area contributed by atoms with Crippen LogP contribution in [-0.2, 0) is 4.79 Å². The molecule has 0 saturated heterocycles. The molecule has 1 aliphatic heterocycles. The first kappa shape index (κ1) is 10.9. The standard InChI is InChI=1S/C14H16O2/c1-10(2)9-13(15)11-7-8-16-14-6-4-3-5-12(11)14/h3-6,9,11H,7-8H2,1-2H3. The van der Waals surface area contributed by atoms with Gasteiger partial charge in [-0.25, -0.2) is 0 Å². The highest BCUT2D eigenvalue weighted by Gasteiger charge is 2.25. The minimum Gasteiger partial charge on any atom is -0.493 e. The summed E-state index contributed by atoms with van der Waals surface area (Å²) in [4.78, 5) is 12.0. The molecule has 2 nitrogen and oxygen atoms in total. The number of fused-ring (bicyclic) bond motifs is 1. The van der Waals surface area contributed by atoms with Gasteiger partial charge < -0.3 is 4.74 Å². The van der Waals surface area contributed by atoms with Crippen LogP contribution in [0.3, 0.4) is 0 Å². The van der Waals surface area contributed by atoms with Crippen LogP contribution >= 0.6 is 0 Å². The smallest absolute Gasteiger partial charge is 0.163 e. The molecule has 2 heteroatoms. The van der Waals surface area contributed by atoms with Gasteiger partial charge in [0.25, 0.3) is 0 Å². The van der Waals surface area contributed by atoms with E-state index >= 15 is 0 Å². The maximum absolute atomic E-state index is 12.0. The van der Waals surface area contributed by atoms with E-state index in [-0.39, 0.29) is 11.7 Å². The Morgan fingerprint density at radius 3 is 2.88 bits per heavy atom. The highest BCUT2D eigenvalue weighted by atomic mass is 16.5. The van der Waals surface area contributed by atoms with Crippen LogP contribution < -0.4 is 4.74 Å². The molecule has 0 aromatic heterocycles. The van der Waals surface area contributed by atoms with E-state index in [9.17, 15) is 4.79 Å². The van der Waals surface area contributed by atoms with Crippen LogP contribution in [-0.4, -0.2) is 12.4 Å². The van der Waals surface area contributed by atoms with E-state index in [1.54, 1.807) is 6.08 Å². The number of carbonyl (C=O) groups is 1. The number of ether oxygens (including phenoxy) is 1. The maximum Gasteiger partial charge on any atom is 0.163 e. The number of rotatable bonds is 2. The Kier molecular flexibility index (Phi) is 3.09. The number of carbonyl (C=O) groups excluding carboxylic acids is 1. The van der Waals surface area contributed by atoms with E-state index in [0.717, 1.165) is 23.3 Å². The Labute approximate surface area is 95.9 Å². The molecular weight excluding hydrogens is 200 g/mol. The van der Waals surface area contributed by atoms with E-state index in [0.29, 0.717) is 6.61 Å². The normalized spacial score (nSPS) is 18.2. The summed E-state index contributed by atoms with van der Waals surface area (Å²) in [5.41, 5.74) is 2.07. The molecule has 0 N–H and O–H groups in total. The minimum absolute atomic E-state index is 0.0279. The predicted molar refractivity (Wildman–Crippen MR) is 63.7 cm³/mol. The van der Waals surface area contributed by atoms with Crippen molar-refractivity contribution in [1.82, 2.24) is 0 Å². The lowest BCUT2D eigenvalue weighted by atomic mass is 9.89. The lowest BCUT2D eigenvalue weighted by Gasteiger charge is -2.24. The molecule has 1 unspecified atom stereocenters. The molecule has 1 aliphatic rings. The van der Waals surface area contributed by atoms with Crippen molar-refractivity contribution >= 4 is 5.78 Å². The zero-order chi connectivity index (χ0) is 11.5. The minimum atomic E-state index is -0.0279. The first-order valence-electron chi connectivity index (χ1n) is 5.59. The van der Waals surface area contributed by atoms with E-state index in [1.165, 1.54) is 0 Å². The summed E-state index contributed by atoms with van der Waals surface area (Å²) < 4.78 is 5.54. The highest BCUT2D eigenvalue weighted by Crippen LogP contribution is 2.34. The van der Waals surface area contributed by atoms with Gasteiger partial charge in [-0.05, 0) is 32.4 Å². The lowest BCUT2D eigenvalue weighted by Crippen LogP contribution is -2.20. The fourth-order valence-corrected chi connectivity index (χ4v) is 2.02. The quantitative estimate of drug-likeness (QED) is 0.710. The van der Waals surface area contributed by atoms with Crippen LogP contribution in [0.15, 0.2) is 35.9 Å². The van der Waals surface area contributed by atoms with E-state index in [2.05, 4.69) is 0 Å². The lowest BCUT2D eigenvalue weighted by molar-refractivity contribution is -0.116. The van der Waals surface area contributed by atoms with Crippen molar-refractivity contribution in [3.63, 3.8) is 0 Å². The highest BCUT2D eigenvalue weighted by molar-refractivity contribution is 5.96. The molecule has 84 valence electrons. The Hall–Kier alpha value is -1.57. The molecule has 1 heterocycles. The second kappa shape index (κ2) is 4.52. The fourth-order valence-electron chi connectivity index (χ4n) is 2.02. The van der Waals surface area contributed by atoms with Crippen LogP contribution in [0.1, 0.15) is 31.7 Å². The van der Waals surface area contributed by atoms with Crippen LogP contribution in [0, 0.1) is 0 Å². The van der Waals surface area contributed by atoms with E-state index in [1.807, 2.05) is 38.1 Å². The summed E-state index contributed by atoms with van der Waals surface area (Å²) in [6.07, 6.45) is 2.51. The molecule has 0 bridgehead atoms. The van der Waals surface area contributed by atoms with Crippen LogP contribution in [0.2, 0.25) is 0 Å². The third-order valence-electron chi connectivity index (χ3n) is 2.73. The van der Waals surface area contributed by atoms with Gasteiger partial charge in [0, 0.05) is 5.56 Å². The number of ketones is 1. The van der Waals surface area contributed by atoms with Crippen molar-refractivity contribution in [2.75, 3.05) is 6.61 Å². The molecule has 0 fully saturated rings. The third kappa shape index (κ3) is 2.16. The van der Waals surface area contributed by atoms with Crippen molar-refractivity contribution < 1.29 is 9.53 Å². The monoisotopic (exact) mass is 216 g/mol. The van der Waals surface area contributed by atoms with Gasteiger partial charge in [0.2, 0.25) is 0 Å². The molecule has 16 heavy (non-hydrogen) atoms. The largest absolute Gasteiger partial charge is 0.493 e. The molecule has 0 aliphatic carbocycles. The Morgan fingerprint density at radius 2 is 2.12 bits per heavy atom. The zero-order valence-electron chi connectivity index (χ0n) is 9.69. The average molecular weight is 216 g/mol. The van der Waals surface area contributed by atoms with Crippen molar-refractivity contribution in [3.8, 4) is 5.75 Å². The van der Waals surface area contributed by atoms with Gasteiger partial charge in [0.05, 0.1) is 12.5 Å². The maximum atomic E-state index is 12.0. The van der Waals surface area contributed by atoms with Gasteiger partial charge in [-0.3, -0.25) is 4.79 Å². The van der Waals surface area contributed by atoms with Gasteiger partial charge in [0.1, 0.15) is 5.75 Å². The summed E-state index contributed by atoms with van der Waals surface area (Å²) >= 11 is 0. The fraction of sp³-hybridized carbons (Fsp3) is 0.357. The van der Waals surface area contributed by atoms with E-state index < -0.39 is 0 Å². The molecule has 1 aromatic rings. The number of para-hydroxylation sites is 1. The molecular formula is C14H16O2. The topological polar surface area (TPSA) is 26.3 Å². The molecule has 0 spiro atoms. The molecule has 0 radical (unpaired) electrons. The predicted octanol–water partition coefficient (Wildman–Crippen LogP) is 3.09. The van der Waals surface area contributed by atoms with Crippen LogP contribution in [0.5, 0.6) is 5.75 Å². The molecule has 1 aromatic carbocycles. The van der Waals surface area contributed by atoms with Crippen molar-refractivity contribution in [3.05, 3.63) is 41.5 Å². The molecule has 0 saturated carbocycles. The van der Waals surface area contributed by atoms with Crippen molar-refractivity contribution in [1.29, 1.82) is 0 Å². The second-order valence-electron chi connectivity index (χ2n) is 4.35. The van der Waals surface area contributed by atoms with Gasteiger partial charge in [-0.1, -0.05) is 23.8 Å². The Balaban J connectivity index is 2.32. The van der Waals surface area contributed by atoms with Gasteiger partial charge in [-0.15, -0.1) is 0 Å². The summed E-state index contributed by atoms with van der Waals surface area (Å²) in [5.74, 6) is 1.02. The zero-order valence-corrected chi connectivity index (χ0v) is 9.69. The first-order valence-corrected chi connectivity index (χ1v) is 5.59. The van der Waals surface area contributed by atoms with Gasteiger partial charge in [0.15, 0.2) is 5.78 Å². The van der Waals surface area contributed by atoms with Crippen LogP contribution in [0.25, 0.3) is 0 Å². The number of hydrogen-bond donors (Lipinski definition) is 0. The molecule has 1 atom stereocenters. The SMILES string of the molecule is CC(C)=CC(=O)C1CCOc2ccccc21. The summed E-state index contributed by atoms with van der Waals surface area (Å²) in [5, 5.41) is 0. The average Bonchev–Trinajstić information content (AvgIpc) is 2.27. The molecule has 0 amide bonds. The summed E-state index contributed by atoms with van der Waals surface area (Å²) in [7, 11) is 0. The van der Waals surface area contributed by atoms with Crippen LogP contribution in [0.4, 0.5) is 0 Å². The third-order valence-corrected chi connectivity index (χ3v) is 2.73. The number of benzene rings is 1. The Bertz CT molecular complexity index is 428. The first-order chi connectivity index (χ1) is 7.68. The summed E-state index contributed by atoms with van der Waals surface area (Å²) in [6.45, 7) is 4.52. The number of allylic oxidation sites excluding steroid dienone is 2. The van der Waals surface area contributed by atoms with Gasteiger partial charge >= 0.3 is 0 Å². The summed E-state index contributed by atoms with van der Waals surface area (Å²) in [6, 6.07) is 7.80. The molecule has 2 rings (SSSR count). The van der Waals surface area contributed by atoms with E-state index in [4.69, 9.17) is 4.74 Å². The number of hydrogen-bond acceptors (Lipinski definition) is 2. The Morgan fingerprint density at radius 1 is 1.38 bits per heavy atom. The van der Waals surface area contributed by atoms with Crippen molar-refractivity contribution in [2.24, 2.45) is 0 Å². The van der Waals surface area contributed by atoms with Crippen molar-refractivity contribution in [2.45, 2.75) is 26.2 Å².